The molecule has 146 valence electrons. The van der Waals surface area contributed by atoms with E-state index in [0.29, 0.717) is 16.9 Å². The van der Waals surface area contributed by atoms with Crippen LogP contribution in [0.2, 0.25) is 0 Å². The lowest BCUT2D eigenvalue weighted by Crippen LogP contribution is -2.38. The van der Waals surface area contributed by atoms with E-state index in [0.717, 1.165) is 5.56 Å². The van der Waals surface area contributed by atoms with Gasteiger partial charge >= 0.3 is 5.97 Å². The van der Waals surface area contributed by atoms with Crippen LogP contribution in [0.5, 0.6) is 5.75 Å². The fraction of sp³-hybridized carbons (Fsp3) is 0.227. The number of methoxy groups -OCH3 is 1. The van der Waals surface area contributed by atoms with Gasteiger partial charge in [-0.15, -0.1) is 0 Å². The topological polar surface area (TPSA) is 81.7 Å². The first-order chi connectivity index (χ1) is 13.4. The van der Waals surface area contributed by atoms with Gasteiger partial charge in [0.1, 0.15) is 18.4 Å². The Morgan fingerprint density at radius 3 is 2.46 bits per heavy atom. The van der Waals surface area contributed by atoms with Crippen LogP contribution >= 0.6 is 0 Å². The average Bonchev–Trinajstić information content (AvgIpc) is 2.70. The molecule has 0 spiro atoms. The number of carbonyl (C=O) groups excluding carboxylic acids is 3. The lowest BCUT2D eigenvalue weighted by molar-refractivity contribution is -0.148. The summed E-state index contributed by atoms with van der Waals surface area (Å²) in [5.74, 6) is -0.567. The maximum atomic E-state index is 12.2. The number of rotatable bonds is 8. The van der Waals surface area contributed by atoms with Crippen molar-refractivity contribution in [3.63, 3.8) is 0 Å². The number of benzene rings is 2. The predicted octanol–water partition coefficient (Wildman–Crippen LogP) is 3.16. The first-order valence-electron chi connectivity index (χ1n) is 8.79. The van der Waals surface area contributed by atoms with Crippen molar-refractivity contribution < 1.29 is 23.9 Å². The number of ether oxygens (including phenoxy) is 2. The fourth-order valence-corrected chi connectivity index (χ4v) is 2.44. The Morgan fingerprint density at radius 2 is 1.82 bits per heavy atom. The summed E-state index contributed by atoms with van der Waals surface area (Å²) < 4.78 is 10.5. The Kier molecular flexibility index (Phi) is 7.51. The van der Waals surface area contributed by atoms with E-state index in [1.807, 2.05) is 30.3 Å². The summed E-state index contributed by atoms with van der Waals surface area (Å²) in [6.45, 7) is 2.93. The highest BCUT2D eigenvalue weighted by atomic mass is 16.5. The van der Waals surface area contributed by atoms with Crippen LogP contribution in [0, 0.1) is 0 Å². The number of hydrogen-bond donors (Lipinski definition) is 1. The molecule has 0 aliphatic rings. The molecule has 0 saturated carbocycles. The van der Waals surface area contributed by atoms with Gasteiger partial charge in [-0.25, -0.2) is 4.79 Å². The molecule has 1 N–H and O–H groups in total. The number of esters is 1. The van der Waals surface area contributed by atoms with Crippen molar-refractivity contribution in [2.24, 2.45) is 0 Å². The highest BCUT2D eigenvalue weighted by Crippen LogP contribution is 2.21. The number of ketones is 1. The molecule has 6 nitrogen and oxygen atoms in total. The van der Waals surface area contributed by atoms with Gasteiger partial charge < -0.3 is 14.8 Å². The Morgan fingerprint density at radius 1 is 1.11 bits per heavy atom. The third-order valence-electron chi connectivity index (χ3n) is 4.00. The van der Waals surface area contributed by atoms with Crippen molar-refractivity contribution in [3.05, 3.63) is 71.3 Å². The molecule has 0 bridgehead atoms. The molecule has 0 radical (unpaired) electrons. The van der Waals surface area contributed by atoms with Crippen molar-refractivity contribution in [2.45, 2.75) is 26.5 Å². The van der Waals surface area contributed by atoms with E-state index >= 15 is 0 Å². The van der Waals surface area contributed by atoms with Crippen LogP contribution in [-0.2, 0) is 20.9 Å². The predicted molar refractivity (Wildman–Crippen MR) is 106 cm³/mol. The molecule has 6 heteroatoms. The monoisotopic (exact) mass is 381 g/mol. The van der Waals surface area contributed by atoms with E-state index in [1.165, 1.54) is 20.1 Å². The standard InChI is InChI=1S/C22H23NO5/c1-15(23-21(25)12-9-17-7-5-4-6-8-17)22(26)28-14-19-13-18(16(2)24)10-11-20(19)27-3/h4-13,15H,14H2,1-3H3,(H,23,25)/b12-9+/t15-/m0/s1. The van der Waals surface area contributed by atoms with Crippen molar-refractivity contribution in [3.8, 4) is 5.75 Å². The molecule has 0 aliphatic heterocycles. The lowest BCUT2D eigenvalue weighted by atomic mass is 10.1. The highest BCUT2D eigenvalue weighted by Gasteiger charge is 2.17. The Hall–Kier alpha value is -3.41. The number of hydrogen-bond acceptors (Lipinski definition) is 5. The third-order valence-corrected chi connectivity index (χ3v) is 4.00. The fourth-order valence-electron chi connectivity index (χ4n) is 2.44. The number of Topliss-reactive ketones (excluding diaryl/α,β-unsaturated/α-hetero) is 1. The van der Waals surface area contributed by atoms with Crippen LogP contribution in [0.3, 0.4) is 0 Å². The minimum atomic E-state index is -0.824. The quantitative estimate of drug-likeness (QED) is 0.432. The number of carbonyl (C=O) groups is 3. The van der Waals surface area contributed by atoms with Gasteiger partial charge in [0.15, 0.2) is 5.78 Å². The number of nitrogens with one attached hydrogen (secondary N) is 1. The van der Waals surface area contributed by atoms with Gasteiger partial charge in [0, 0.05) is 17.2 Å². The van der Waals surface area contributed by atoms with Gasteiger partial charge in [0.2, 0.25) is 5.91 Å². The Bertz CT molecular complexity index is 874. The molecule has 2 aromatic carbocycles. The van der Waals surface area contributed by atoms with Crippen molar-refractivity contribution >= 4 is 23.7 Å². The maximum absolute atomic E-state index is 12.2. The van der Waals surface area contributed by atoms with Gasteiger partial charge in [0.05, 0.1) is 7.11 Å². The van der Waals surface area contributed by atoms with Gasteiger partial charge in [-0.2, -0.15) is 0 Å². The van der Waals surface area contributed by atoms with E-state index in [-0.39, 0.29) is 12.4 Å². The van der Waals surface area contributed by atoms with Crippen molar-refractivity contribution in [1.29, 1.82) is 0 Å². The molecule has 28 heavy (non-hydrogen) atoms. The molecule has 2 rings (SSSR count). The van der Waals surface area contributed by atoms with Crippen LogP contribution in [0.25, 0.3) is 6.08 Å². The van der Waals surface area contributed by atoms with Gasteiger partial charge in [0.25, 0.3) is 0 Å². The SMILES string of the molecule is COc1ccc(C(C)=O)cc1COC(=O)[C@H](C)NC(=O)/C=C/c1ccccc1. The minimum absolute atomic E-state index is 0.0663. The third kappa shape index (κ3) is 6.09. The normalized spacial score (nSPS) is 11.7. The zero-order chi connectivity index (χ0) is 20.5. The summed E-state index contributed by atoms with van der Waals surface area (Å²) in [6, 6.07) is 13.5. The molecule has 1 amide bonds. The molecule has 0 saturated heterocycles. The second-order valence-electron chi connectivity index (χ2n) is 6.16. The van der Waals surface area contributed by atoms with E-state index < -0.39 is 17.9 Å². The van der Waals surface area contributed by atoms with E-state index in [4.69, 9.17) is 9.47 Å². The van der Waals surface area contributed by atoms with E-state index in [2.05, 4.69) is 5.32 Å². The summed E-state index contributed by atoms with van der Waals surface area (Å²) in [4.78, 5) is 35.7. The summed E-state index contributed by atoms with van der Waals surface area (Å²) >= 11 is 0. The van der Waals surface area contributed by atoms with E-state index in [1.54, 1.807) is 31.2 Å². The summed E-state index contributed by atoms with van der Waals surface area (Å²) in [5.41, 5.74) is 1.95. The van der Waals surface area contributed by atoms with Crippen LogP contribution in [0.4, 0.5) is 0 Å². The van der Waals surface area contributed by atoms with Crippen LogP contribution < -0.4 is 10.1 Å². The van der Waals surface area contributed by atoms with Crippen LogP contribution in [0.15, 0.2) is 54.6 Å². The largest absolute Gasteiger partial charge is 0.496 e. The lowest BCUT2D eigenvalue weighted by Gasteiger charge is -2.14. The number of amides is 1. The molecule has 2 aromatic rings. The molecule has 0 aliphatic carbocycles. The first-order valence-corrected chi connectivity index (χ1v) is 8.79. The Labute approximate surface area is 164 Å². The minimum Gasteiger partial charge on any atom is -0.496 e. The molecular formula is C22H23NO5. The zero-order valence-electron chi connectivity index (χ0n) is 16.1. The van der Waals surface area contributed by atoms with Crippen LogP contribution in [-0.4, -0.2) is 30.8 Å². The first kappa shape index (κ1) is 20.9. The molecule has 0 aromatic heterocycles. The molecule has 0 heterocycles. The highest BCUT2D eigenvalue weighted by molar-refractivity contribution is 5.95. The van der Waals surface area contributed by atoms with Gasteiger partial charge in [-0.3, -0.25) is 9.59 Å². The van der Waals surface area contributed by atoms with Crippen molar-refractivity contribution in [1.82, 2.24) is 5.32 Å². The molecule has 0 fully saturated rings. The van der Waals surface area contributed by atoms with E-state index in [9.17, 15) is 14.4 Å². The molecule has 0 unspecified atom stereocenters. The smallest absolute Gasteiger partial charge is 0.328 e. The molecule has 1 atom stereocenters. The summed E-state index contributed by atoms with van der Waals surface area (Å²) in [7, 11) is 1.50. The second kappa shape index (κ2) is 10.1. The zero-order valence-corrected chi connectivity index (χ0v) is 16.1. The van der Waals surface area contributed by atoms with Gasteiger partial charge in [-0.1, -0.05) is 30.3 Å². The second-order valence-corrected chi connectivity index (χ2v) is 6.16. The van der Waals surface area contributed by atoms with Crippen molar-refractivity contribution in [2.75, 3.05) is 7.11 Å². The van der Waals surface area contributed by atoms with Gasteiger partial charge in [-0.05, 0) is 43.7 Å². The maximum Gasteiger partial charge on any atom is 0.328 e. The summed E-state index contributed by atoms with van der Waals surface area (Å²) in [5, 5.41) is 2.56. The average molecular weight is 381 g/mol. The summed E-state index contributed by atoms with van der Waals surface area (Å²) in [6.07, 6.45) is 3.02. The Balaban J connectivity index is 1.92. The molecular weight excluding hydrogens is 358 g/mol. The van der Waals surface area contributed by atoms with Crippen LogP contribution in [0.1, 0.15) is 35.3 Å².